The number of hydrogen-bond acceptors (Lipinski definition) is 4. The summed E-state index contributed by atoms with van der Waals surface area (Å²) in [7, 11) is 0. The summed E-state index contributed by atoms with van der Waals surface area (Å²) in [5.41, 5.74) is 5.38. The SMILES string of the molecule is N#CC(=CC=Cc1ccc(O)c(O)c1)C(N)=O. The lowest BCUT2D eigenvalue weighted by atomic mass is 10.1. The van der Waals surface area contributed by atoms with Gasteiger partial charge in [-0.15, -0.1) is 0 Å². The Bertz CT molecular complexity index is 539. The standard InChI is InChI=1S/C12H10N2O3/c13-7-9(12(14)17)3-1-2-8-4-5-10(15)11(16)6-8/h1-6,15-16H,(H2,14,17). The Morgan fingerprint density at radius 1 is 1.35 bits per heavy atom. The zero-order valence-corrected chi connectivity index (χ0v) is 8.79. The first-order valence-electron chi connectivity index (χ1n) is 4.65. The number of carbonyl (C=O) groups excluding carboxylic acids is 1. The number of rotatable bonds is 3. The maximum Gasteiger partial charge on any atom is 0.259 e. The molecule has 0 heterocycles. The highest BCUT2D eigenvalue weighted by Gasteiger charge is 2.00. The van der Waals surface area contributed by atoms with Crippen molar-refractivity contribution in [1.82, 2.24) is 0 Å². The van der Waals surface area contributed by atoms with E-state index in [9.17, 15) is 9.90 Å². The van der Waals surface area contributed by atoms with Crippen molar-refractivity contribution in [2.45, 2.75) is 0 Å². The van der Waals surface area contributed by atoms with Gasteiger partial charge in [0.2, 0.25) is 0 Å². The number of amides is 1. The summed E-state index contributed by atoms with van der Waals surface area (Å²) in [5, 5.41) is 26.8. The number of aromatic hydroxyl groups is 2. The number of nitrogens with zero attached hydrogens (tertiary/aromatic N) is 1. The molecule has 0 saturated carbocycles. The minimum Gasteiger partial charge on any atom is -0.504 e. The minimum atomic E-state index is -0.800. The number of benzene rings is 1. The van der Waals surface area contributed by atoms with Gasteiger partial charge in [0, 0.05) is 0 Å². The van der Waals surface area contributed by atoms with Crippen molar-refractivity contribution < 1.29 is 15.0 Å². The van der Waals surface area contributed by atoms with Crippen LogP contribution in [0.5, 0.6) is 11.5 Å². The zero-order chi connectivity index (χ0) is 12.8. The van der Waals surface area contributed by atoms with Gasteiger partial charge in [-0.05, 0) is 23.8 Å². The second-order valence-electron chi connectivity index (χ2n) is 3.16. The van der Waals surface area contributed by atoms with Gasteiger partial charge in [0.1, 0.15) is 11.6 Å². The number of primary amides is 1. The van der Waals surface area contributed by atoms with Gasteiger partial charge in [-0.1, -0.05) is 18.2 Å². The molecule has 1 amide bonds. The van der Waals surface area contributed by atoms with Crippen LogP contribution >= 0.6 is 0 Å². The molecule has 4 N–H and O–H groups in total. The van der Waals surface area contributed by atoms with Crippen LogP contribution in [0.2, 0.25) is 0 Å². The Morgan fingerprint density at radius 2 is 2.06 bits per heavy atom. The zero-order valence-electron chi connectivity index (χ0n) is 8.79. The Kier molecular flexibility index (Phi) is 3.90. The van der Waals surface area contributed by atoms with E-state index < -0.39 is 5.91 Å². The van der Waals surface area contributed by atoms with Crippen molar-refractivity contribution >= 4 is 12.0 Å². The van der Waals surface area contributed by atoms with E-state index >= 15 is 0 Å². The molecule has 1 aromatic carbocycles. The molecule has 0 saturated heterocycles. The number of allylic oxidation sites excluding steroid dienone is 2. The number of phenols is 2. The molecule has 5 nitrogen and oxygen atoms in total. The molecular weight excluding hydrogens is 220 g/mol. The number of nitrogens with two attached hydrogens (primary N) is 1. The van der Waals surface area contributed by atoms with E-state index in [1.807, 2.05) is 0 Å². The van der Waals surface area contributed by atoms with E-state index in [0.29, 0.717) is 5.56 Å². The van der Waals surface area contributed by atoms with Crippen LogP contribution < -0.4 is 5.73 Å². The molecule has 0 unspecified atom stereocenters. The maximum absolute atomic E-state index is 10.7. The van der Waals surface area contributed by atoms with Crippen molar-refractivity contribution in [3.05, 3.63) is 41.5 Å². The van der Waals surface area contributed by atoms with Gasteiger partial charge in [0.25, 0.3) is 5.91 Å². The molecule has 0 aliphatic carbocycles. The van der Waals surface area contributed by atoms with Crippen molar-refractivity contribution in [3.63, 3.8) is 0 Å². The molecule has 0 atom stereocenters. The lowest BCUT2D eigenvalue weighted by molar-refractivity contribution is -0.114. The largest absolute Gasteiger partial charge is 0.504 e. The fourth-order valence-electron chi connectivity index (χ4n) is 1.07. The van der Waals surface area contributed by atoms with E-state index in [-0.39, 0.29) is 17.1 Å². The number of nitriles is 1. The second-order valence-corrected chi connectivity index (χ2v) is 3.16. The van der Waals surface area contributed by atoms with Crippen LogP contribution in [0.15, 0.2) is 35.9 Å². The van der Waals surface area contributed by atoms with Gasteiger partial charge >= 0.3 is 0 Å². The third-order valence-electron chi connectivity index (χ3n) is 1.94. The van der Waals surface area contributed by atoms with E-state index in [0.717, 1.165) is 0 Å². The van der Waals surface area contributed by atoms with Crippen molar-refractivity contribution in [2.75, 3.05) is 0 Å². The molecule has 0 aliphatic heterocycles. The molecule has 17 heavy (non-hydrogen) atoms. The Labute approximate surface area is 97.7 Å². The molecule has 1 aromatic rings. The highest BCUT2D eigenvalue weighted by Crippen LogP contribution is 2.25. The maximum atomic E-state index is 10.7. The first kappa shape index (κ1) is 12.3. The van der Waals surface area contributed by atoms with Crippen LogP contribution in [0.4, 0.5) is 0 Å². The third-order valence-corrected chi connectivity index (χ3v) is 1.94. The predicted octanol–water partition coefficient (Wildman–Crippen LogP) is 1.05. The molecule has 5 heteroatoms. The van der Waals surface area contributed by atoms with E-state index in [2.05, 4.69) is 0 Å². The second kappa shape index (κ2) is 5.37. The average Bonchev–Trinajstić information content (AvgIpc) is 2.28. The number of carbonyl (C=O) groups is 1. The molecule has 0 aliphatic rings. The summed E-state index contributed by atoms with van der Waals surface area (Å²) in [5.74, 6) is -1.26. The van der Waals surface area contributed by atoms with Gasteiger partial charge in [0.05, 0.1) is 0 Å². The predicted molar refractivity (Wildman–Crippen MR) is 61.7 cm³/mol. The van der Waals surface area contributed by atoms with Crippen LogP contribution in [0.1, 0.15) is 5.56 Å². The fraction of sp³-hybridized carbons (Fsp3) is 0. The Hall–Kier alpha value is -2.74. The van der Waals surface area contributed by atoms with Gasteiger partial charge in [-0.2, -0.15) is 5.26 Å². The van der Waals surface area contributed by atoms with Crippen LogP contribution in [-0.4, -0.2) is 16.1 Å². The highest BCUT2D eigenvalue weighted by atomic mass is 16.3. The quantitative estimate of drug-likeness (QED) is 0.312. The van der Waals surface area contributed by atoms with Gasteiger partial charge < -0.3 is 15.9 Å². The summed E-state index contributed by atoms with van der Waals surface area (Å²) in [6, 6.07) is 5.89. The van der Waals surface area contributed by atoms with Gasteiger partial charge in [-0.3, -0.25) is 4.79 Å². The lowest BCUT2D eigenvalue weighted by Gasteiger charge is -1.97. The minimum absolute atomic E-state index is 0.163. The first-order valence-corrected chi connectivity index (χ1v) is 4.65. The molecule has 0 fully saturated rings. The van der Waals surface area contributed by atoms with Crippen LogP contribution in [0.3, 0.4) is 0 Å². The van der Waals surface area contributed by atoms with Gasteiger partial charge in [0.15, 0.2) is 11.5 Å². The van der Waals surface area contributed by atoms with Crippen LogP contribution in [0, 0.1) is 11.3 Å². The number of phenolic OH excluding ortho intramolecular Hbond substituents is 2. The average molecular weight is 230 g/mol. The molecule has 0 aromatic heterocycles. The van der Waals surface area contributed by atoms with Gasteiger partial charge in [-0.25, -0.2) is 0 Å². The molecule has 0 spiro atoms. The van der Waals surface area contributed by atoms with E-state index in [4.69, 9.17) is 16.1 Å². The summed E-state index contributed by atoms with van der Waals surface area (Å²) in [4.78, 5) is 10.7. The first-order chi connectivity index (χ1) is 8.04. The van der Waals surface area contributed by atoms with Crippen molar-refractivity contribution in [3.8, 4) is 17.6 Å². The molecule has 0 radical (unpaired) electrons. The third kappa shape index (κ3) is 3.39. The monoisotopic (exact) mass is 230 g/mol. The van der Waals surface area contributed by atoms with E-state index in [1.54, 1.807) is 18.2 Å². The summed E-state index contributed by atoms with van der Waals surface area (Å²) < 4.78 is 0. The summed E-state index contributed by atoms with van der Waals surface area (Å²) in [6.07, 6.45) is 4.28. The van der Waals surface area contributed by atoms with Crippen molar-refractivity contribution in [1.29, 1.82) is 5.26 Å². The number of hydrogen-bond donors (Lipinski definition) is 3. The van der Waals surface area contributed by atoms with Crippen molar-refractivity contribution in [2.24, 2.45) is 5.73 Å². The smallest absolute Gasteiger partial charge is 0.259 e. The fourth-order valence-corrected chi connectivity index (χ4v) is 1.07. The highest BCUT2D eigenvalue weighted by molar-refractivity contribution is 5.96. The summed E-state index contributed by atoms with van der Waals surface area (Å²) >= 11 is 0. The van der Waals surface area contributed by atoms with E-state index in [1.165, 1.54) is 24.3 Å². The Balaban J connectivity index is 2.88. The molecular formula is C12H10N2O3. The summed E-state index contributed by atoms with van der Waals surface area (Å²) in [6.45, 7) is 0. The van der Waals surface area contributed by atoms with Crippen LogP contribution in [-0.2, 0) is 4.79 Å². The normalized spacial score (nSPS) is 11.4. The topological polar surface area (TPSA) is 107 Å². The molecule has 0 bridgehead atoms. The Morgan fingerprint density at radius 3 is 2.59 bits per heavy atom. The molecule has 86 valence electrons. The molecule has 1 rings (SSSR count). The van der Waals surface area contributed by atoms with Crippen LogP contribution in [0.25, 0.3) is 6.08 Å². The lowest BCUT2D eigenvalue weighted by Crippen LogP contribution is -2.12.